The van der Waals surface area contributed by atoms with E-state index in [-0.39, 0.29) is 30.8 Å². The Hall–Kier alpha value is -4.14. The molecular formula is C27H28F4N4O4. The molecule has 1 saturated heterocycles. The Morgan fingerprint density at radius 1 is 1.13 bits per heavy atom. The molecule has 0 bridgehead atoms. The van der Waals surface area contributed by atoms with Gasteiger partial charge in [-0.25, -0.2) is 9.18 Å². The number of hydrogen-bond acceptors (Lipinski definition) is 5. The van der Waals surface area contributed by atoms with Crippen LogP contribution in [0, 0.1) is 17.1 Å². The topological polar surface area (TPSA) is 94.0 Å². The first-order valence-corrected chi connectivity index (χ1v) is 12.0. The SMILES string of the molecule is CN(CCC1C(=O)N(c2ccc(C#N)cc2F)CC(=O)N1Cc1ccc(C(F)(F)F)cc1)C(=O)OC(C)(C)C. The van der Waals surface area contributed by atoms with Gasteiger partial charge >= 0.3 is 12.3 Å². The molecule has 0 N–H and O–H groups in total. The summed E-state index contributed by atoms with van der Waals surface area (Å²) in [6.07, 6.45) is -5.23. The van der Waals surface area contributed by atoms with Gasteiger partial charge in [0.25, 0.3) is 0 Å². The van der Waals surface area contributed by atoms with Crippen LogP contribution in [0.5, 0.6) is 0 Å². The summed E-state index contributed by atoms with van der Waals surface area (Å²) < 4.78 is 59.0. The van der Waals surface area contributed by atoms with Gasteiger partial charge in [0.15, 0.2) is 0 Å². The van der Waals surface area contributed by atoms with Crippen LogP contribution in [0.3, 0.4) is 0 Å². The Morgan fingerprint density at radius 2 is 1.77 bits per heavy atom. The van der Waals surface area contributed by atoms with Crippen molar-refractivity contribution in [3.8, 4) is 6.07 Å². The monoisotopic (exact) mass is 548 g/mol. The van der Waals surface area contributed by atoms with Crippen molar-refractivity contribution >= 4 is 23.6 Å². The molecule has 2 aromatic rings. The van der Waals surface area contributed by atoms with E-state index < -0.39 is 53.7 Å². The van der Waals surface area contributed by atoms with E-state index in [1.54, 1.807) is 26.8 Å². The summed E-state index contributed by atoms with van der Waals surface area (Å²) in [5, 5.41) is 9.01. The van der Waals surface area contributed by atoms with Gasteiger partial charge in [0.1, 0.15) is 24.0 Å². The fourth-order valence-electron chi connectivity index (χ4n) is 4.01. The molecule has 208 valence electrons. The second-order valence-corrected chi connectivity index (χ2v) is 10.1. The minimum atomic E-state index is -4.53. The van der Waals surface area contributed by atoms with Crippen LogP contribution in [-0.2, 0) is 27.0 Å². The van der Waals surface area contributed by atoms with Crippen LogP contribution in [0.25, 0.3) is 0 Å². The van der Waals surface area contributed by atoms with Crippen molar-refractivity contribution in [1.29, 1.82) is 5.26 Å². The maximum absolute atomic E-state index is 14.8. The number of amides is 3. The van der Waals surface area contributed by atoms with Gasteiger partial charge in [-0.3, -0.25) is 14.5 Å². The van der Waals surface area contributed by atoms with Gasteiger partial charge in [-0.15, -0.1) is 0 Å². The third kappa shape index (κ3) is 7.25. The summed E-state index contributed by atoms with van der Waals surface area (Å²) in [5.41, 5.74) is -1.42. The predicted octanol–water partition coefficient (Wildman–Crippen LogP) is 4.72. The van der Waals surface area contributed by atoms with Gasteiger partial charge in [0.2, 0.25) is 11.8 Å². The summed E-state index contributed by atoms with van der Waals surface area (Å²) in [5.74, 6) is -2.07. The number of carbonyl (C=O) groups is 3. The van der Waals surface area contributed by atoms with Crippen LogP contribution in [0.2, 0.25) is 0 Å². The summed E-state index contributed by atoms with van der Waals surface area (Å²) in [6.45, 7) is 4.38. The van der Waals surface area contributed by atoms with E-state index >= 15 is 0 Å². The second kappa shape index (κ2) is 11.3. The average Bonchev–Trinajstić information content (AvgIpc) is 2.84. The molecule has 1 aliphatic rings. The molecule has 1 atom stereocenters. The van der Waals surface area contributed by atoms with Crippen molar-refractivity contribution in [3.63, 3.8) is 0 Å². The van der Waals surface area contributed by atoms with Crippen LogP contribution in [0.1, 0.15) is 43.9 Å². The van der Waals surface area contributed by atoms with Gasteiger partial charge in [-0.1, -0.05) is 12.1 Å². The quantitative estimate of drug-likeness (QED) is 0.487. The highest BCUT2D eigenvalue weighted by atomic mass is 19.4. The maximum atomic E-state index is 14.8. The normalized spacial score (nSPS) is 16.2. The van der Waals surface area contributed by atoms with Crippen molar-refractivity contribution in [2.75, 3.05) is 25.0 Å². The zero-order chi connectivity index (χ0) is 29.1. The molecule has 8 nitrogen and oxygen atoms in total. The first-order chi connectivity index (χ1) is 18.1. The third-order valence-corrected chi connectivity index (χ3v) is 5.99. The molecule has 0 spiro atoms. The van der Waals surface area contributed by atoms with Crippen LogP contribution in [0.4, 0.5) is 28.0 Å². The van der Waals surface area contributed by atoms with Gasteiger partial charge in [0.05, 0.1) is 22.9 Å². The molecule has 2 aromatic carbocycles. The van der Waals surface area contributed by atoms with E-state index in [4.69, 9.17) is 10.00 Å². The van der Waals surface area contributed by atoms with Crippen LogP contribution in [-0.4, -0.2) is 59.5 Å². The number of piperazine rings is 1. The highest BCUT2D eigenvalue weighted by Crippen LogP contribution is 2.30. The Bertz CT molecular complexity index is 1280. The Labute approximate surface area is 223 Å². The number of nitrogens with zero attached hydrogens (tertiary/aromatic N) is 4. The maximum Gasteiger partial charge on any atom is 0.416 e. The van der Waals surface area contributed by atoms with Crippen LogP contribution < -0.4 is 4.90 Å². The summed E-state index contributed by atoms with van der Waals surface area (Å²) >= 11 is 0. The smallest absolute Gasteiger partial charge is 0.416 e. The van der Waals surface area contributed by atoms with Gasteiger partial charge in [-0.2, -0.15) is 18.4 Å². The number of anilines is 1. The molecule has 1 heterocycles. The molecular weight excluding hydrogens is 520 g/mol. The van der Waals surface area contributed by atoms with E-state index in [0.717, 1.165) is 23.1 Å². The van der Waals surface area contributed by atoms with Crippen molar-refractivity contribution in [2.45, 2.75) is 51.6 Å². The van der Waals surface area contributed by atoms with Crippen molar-refractivity contribution < 1.29 is 36.7 Å². The largest absolute Gasteiger partial charge is 0.444 e. The Kier molecular flexibility index (Phi) is 8.53. The fraction of sp³-hybridized carbons (Fsp3) is 0.407. The van der Waals surface area contributed by atoms with Gasteiger partial charge < -0.3 is 14.5 Å². The number of ether oxygens (including phenoxy) is 1. The molecule has 0 radical (unpaired) electrons. The summed E-state index contributed by atoms with van der Waals surface area (Å²) in [4.78, 5) is 42.7. The average molecular weight is 549 g/mol. The van der Waals surface area contributed by atoms with E-state index in [0.29, 0.717) is 5.56 Å². The van der Waals surface area contributed by atoms with Crippen molar-refractivity contribution in [2.24, 2.45) is 0 Å². The van der Waals surface area contributed by atoms with Crippen molar-refractivity contribution in [3.05, 3.63) is 65.0 Å². The first-order valence-electron chi connectivity index (χ1n) is 12.0. The second-order valence-electron chi connectivity index (χ2n) is 10.1. The standard InChI is InChI=1S/C27H28F4N4O4/c1-26(2,3)39-25(38)33(4)12-11-22-24(37)35(21-10-7-18(14-32)13-20(21)28)16-23(36)34(22)15-17-5-8-19(9-6-17)27(29,30)31/h5-10,13,22H,11-12,15-16H2,1-4H3. The molecule has 3 rings (SSSR count). The number of halogens is 4. The Morgan fingerprint density at radius 3 is 2.31 bits per heavy atom. The lowest BCUT2D eigenvalue weighted by atomic mass is 10.0. The predicted molar refractivity (Wildman–Crippen MR) is 133 cm³/mol. The van der Waals surface area contributed by atoms with Gasteiger partial charge in [0, 0.05) is 20.1 Å². The number of hydrogen-bond donors (Lipinski definition) is 0. The number of benzene rings is 2. The van der Waals surface area contributed by atoms with E-state index in [9.17, 15) is 31.9 Å². The minimum Gasteiger partial charge on any atom is -0.444 e. The first kappa shape index (κ1) is 29.4. The number of alkyl halides is 3. The molecule has 12 heteroatoms. The summed E-state index contributed by atoms with van der Waals surface area (Å²) in [6, 6.07) is 8.34. The lowest BCUT2D eigenvalue weighted by Crippen LogP contribution is -2.60. The molecule has 0 aliphatic carbocycles. The van der Waals surface area contributed by atoms with Crippen LogP contribution in [0.15, 0.2) is 42.5 Å². The highest BCUT2D eigenvalue weighted by Gasteiger charge is 2.41. The molecule has 0 saturated carbocycles. The lowest BCUT2D eigenvalue weighted by Gasteiger charge is -2.41. The lowest BCUT2D eigenvalue weighted by molar-refractivity contribution is -0.144. The molecule has 1 fully saturated rings. The fourth-order valence-corrected chi connectivity index (χ4v) is 4.01. The zero-order valence-corrected chi connectivity index (χ0v) is 21.9. The highest BCUT2D eigenvalue weighted by molar-refractivity contribution is 6.06. The molecule has 1 unspecified atom stereocenters. The molecule has 1 aliphatic heterocycles. The summed E-state index contributed by atoms with van der Waals surface area (Å²) in [7, 11) is 1.46. The van der Waals surface area contributed by atoms with E-state index in [1.807, 2.05) is 0 Å². The number of nitriles is 1. The van der Waals surface area contributed by atoms with Crippen LogP contribution >= 0.6 is 0 Å². The van der Waals surface area contributed by atoms with Crippen molar-refractivity contribution in [1.82, 2.24) is 9.80 Å². The zero-order valence-electron chi connectivity index (χ0n) is 21.9. The third-order valence-electron chi connectivity index (χ3n) is 5.99. The minimum absolute atomic E-state index is 0.00813. The molecule has 3 amide bonds. The molecule has 39 heavy (non-hydrogen) atoms. The van der Waals surface area contributed by atoms with E-state index in [1.165, 1.54) is 41.1 Å². The number of rotatable bonds is 6. The Balaban J connectivity index is 1.89. The van der Waals surface area contributed by atoms with E-state index in [2.05, 4.69) is 0 Å². The van der Waals surface area contributed by atoms with Gasteiger partial charge in [-0.05, 0) is 63.1 Å². The number of carbonyl (C=O) groups excluding carboxylic acids is 3. The molecule has 0 aromatic heterocycles.